The minimum Gasteiger partial charge on any atom is -0.481 e. The third-order valence-corrected chi connectivity index (χ3v) is 17.3. The molecular formula is C45H71NO7. The SMILES string of the molecule is CC(C)C1=C2C3CCC4C5(C)CCC(OC(=O)CC(C)(C)C(=O)O)C(C)(C)C5CCC4(C)C3(C)CCC2(C(O)CN(C)C(=O)C2CCCCC2)CC1=O. The van der Waals surface area contributed by atoms with Gasteiger partial charge in [-0.2, -0.15) is 0 Å². The number of hydrogen-bond acceptors (Lipinski definition) is 6. The normalized spacial score (nSPS) is 39.1. The number of hydrogen-bond donors (Lipinski definition) is 2. The second kappa shape index (κ2) is 13.8. The molecule has 0 aromatic rings. The standard InChI is InChI=1S/C45H71NO7/c1-27(2)36-30(47)24-45(33(48)26-46(10)38(50)28-14-12-11-13-15-28)23-22-43(8)29(37(36)45)16-17-32-42(7)20-19-34(53-35(49)25-40(3,4)39(51)52)41(5,6)31(42)18-21-44(32,43)9/h27-29,31-34,48H,11-26H2,1-10H3,(H,51,52). The van der Waals surface area contributed by atoms with E-state index in [4.69, 9.17) is 4.74 Å². The Hall–Kier alpha value is -2.22. The lowest BCUT2D eigenvalue weighted by Gasteiger charge is -2.72. The number of rotatable bonds is 9. The maximum absolute atomic E-state index is 14.1. The zero-order valence-electron chi connectivity index (χ0n) is 34.7. The van der Waals surface area contributed by atoms with Crippen LogP contribution in [0.1, 0.15) is 159 Å². The van der Waals surface area contributed by atoms with Crippen LogP contribution in [-0.2, 0) is 23.9 Å². The molecule has 8 heteroatoms. The summed E-state index contributed by atoms with van der Waals surface area (Å²) in [5.41, 5.74) is 0.173. The fourth-order valence-electron chi connectivity index (χ4n) is 14.1. The van der Waals surface area contributed by atoms with Gasteiger partial charge in [-0.15, -0.1) is 0 Å². The fraction of sp³-hybridized carbons (Fsp3) is 0.867. The molecule has 0 aromatic carbocycles. The Morgan fingerprint density at radius 3 is 2.15 bits per heavy atom. The van der Waals surface area contributed by atoms with E-state index in [1.165, 1.54) is 12.0 Å². The van der Waals surface area contributed by atoms with Crippen LogP contribution in [0, 0.1) is 62.1 Å². The van der Waals surface area contributed by atoms with E-state index in [-0.39, 0.29) is 70.2 Å². The molecule has 8 nitrogen and oxygen atoms in total. The summed E-state index contributed by atoms with van der Waals surface area (Å²) in [7, 11) is 1.85. The highest BCUT2D eigenvalue weighted by Crippen LogP contribution is 2.77. The number of aliphatic carboxylic acids is 1. The number of aliphatic hydroxyl groups is 1. The number of fused-ring (bicyclic) bond motifs is 7. The van der Waals surface area contributed by atoms with Gasteiger partial charge in [-0.05, 0) is 124 Å². The minimum atomic E-state index is -1.17. The molecular weight excluding hydrogens is 666 g/mol. The van der Waals surface area contributed by atoms with Crippen LogP contribution in [-0.4, -0.2) is 64.5 Å². The number of nitrogens with zero attached hydrogens (tertiary/aromatic N) is 1. The number of amides is 1. The van der Waals surface area contributed by atoms with Crippen LogP contribution in [0.25, 0.3) is 0 Å². The number of carboxylic acid groups (broad SMARTS) is 1. The predicted octanol–water partition coefficient (Wildman–Crippen LogP) is 8.78. The number of ketones is 1. The van der Waals surface area contributed by atoms with Crippen LogP contribution in [0.4, 0.5) is 0 Å². The second-order valence-corrected chi connectivity index (χ2v) is 21.1. The molecule has 1 amide bonds. The Balaban J connectivity index is 1.27. The van der Waals surface area contributed by atoms with Crippen LogP contribution in [0.15, 0.2) is 11.1 Å². The summed E-state index contributed by atoms with van der Waals surface area (Å²) in [6.07, 6.45) is 12.0. The predicted molar refractivity (Wildman–Crippen MR) is 206 cm³/mol. The summed E-state index contributed by atoms with van der Waals surface area (Å²) in [5.74, 6) is 0.0744. The minimum absolute atomic E-state index is 0.0256. The number of esters is 1. The molecule has 0 spiro atoms. The number of carbonyl (C=O) groups is 4. The highest BCUT2D eigenvalue weighted by molar-refractivity contribution is 6.00. The lowest BCUT2D eigenvalue weighted by atomic mass is 9.33. The van der Waals surface area contributed by atoms with Crippen molar-refractivity contribution in [2.75, 3.05) is 13.6 Å². The van der Waals surface area contributed by atoms with Gasteiger partial charge in [0, 0.05) is 36.8 Å². The molecule has 5 saturated carbocycles. The largest absolute Gasteiger partial charge is 0.481 e. The maximum Gasteiger partial charge on any atom is 0.309 e. The molecule has 0 bridgehead atoms. The number of likely N-dealkylation sites (N-methyl/N-ethyl adjacent to an activating group) is 1. The van der Waals surface area contributed by atoms with Crippen molar-refractivity contribution < 1.29 is 34.1 Å². The summed E-state index contributed by atoms with van der Waals surface area (Å²) in [6, 6.07) is 0. The van der Waals surface area contributed by atoms with Crippen molar-refractivity contribution in [3.05, 3.63) is 11.1 Å². The van der Waals surface area contributed by atoms with Gasteiger partial charge in [0.05, 0.1) is 17.9 Å². The Morgan fingerprint density at radius 2 is 1.53 bits per heavy atom. The smallest absolute Gasteiger partial charge is 0.309 e. The van der Waals surface area contributed by atoms with Gasteiger partial charge in [0.2, 0.25) is 5.91 Å². The number of carboxylic acids is 1. The van der Waals surface area contributed by atoms with E-state index >= 15 is 0 Å². The van der Waals surface area contributed by atoms with Crippen molar-refractivity contribution in [3.63, 3.8) is 0 Å². The molecule has 5 fully saturated rings. The lowest BCUT2D eigenvalue weighted by Crippen LogP contribution is -2.66. The molecule has 0 saturated heterocycles. The summed E-state index contributed by atoms with van der Waals surface area (Å²) in [4.78, 5) is 54.3. The summed E-state index contributed by atoms with van der Waals surface area (Å²) in [6.45, 7) is 19.8. The fourth-order valence-corrected chi connectivity index (χ4v) is 14.1. The van der Waals surface area contributed by atoms with Crippen LogP contribution >= 0.6 is 0 Å². The molecule has 6 aliphatic carbocycles. The van der Waals surface area contributed by atoms with E-state index in [2.05, 4.69) is 48.5 Å². The third kappa shape index (κ3) is 6.26. The zero-order valence-corrected chi connectivity index (χ0v) is 34.7. The monoisotopic (exact) mass is 738 g/mol. The van der Waals surface area contributed by atoms with Crippen LogP contribution in [0.5, 0.6) is 0 Å². The number of allylic oxidation sites excluding steroid dienone is 1. The van der Waals surface area contributed by atoms with Gasteiger partial charge in [-0.25, -0.2) is 0 Å². The highest BCUT2D eigenvalue weighted by atomic mass is 16.5. The van der Waals surface area contributed by atoms with E-state index in [1.807, 2.05) is 7.05 Å². The van der Waals surface area contributed by atoms with E-state index in [9.17, 15) is 29.4 Å². The van der Waals surface area contributed by atoms with E-state index in [0.717, 1.165) is 82.6 Å². The second-order valence-electron chi connectivity index (χ2n) is 21.1. The van der Waals surface area contributed by atoms with E-state index in [1.54, 1.807) is 18.7 Å². The number of aliphatic hydroxyl groups excluding tert-OH is 1. The molecule has 0 heterocycles. The van der Waals surface area contributed by atoms with Gasteiger partial charge in [0.15, 0.2) is 5.78 Å². The third-order valence-electron chi connectivity index (χ3n) is 17.3. The van der Waals surface area contributed by atoms with Crippen molar-refractivity contribution in [3.8, 4) is 0 Å². The molecule has 2 N–H and O–H groups in total. The Bertz CT molecular complexity index is 1520. The summed E-state index contributed by atoms with van der Waals surface area (Å²) >= 11 is 0. The molecule has 0 radical (unpaired) electrons. The topological polar surface area (TPSA) is 121 Å². The molecule has 53 heavy (non-hydrogen) atoms. The average Bonchev–Trinajstić information content (AvgIpc) is 3.39. The van der Waals surface area contributed by atoms with Crippen LogP contribution in [0.2, 0.25) is 0 Å². The first kappa shape index (κ1) is 40.4. The summed E-state index contributed by atoms with van der Waals surface area (Å²) in [5, 5.41) is 21.9. The molecule has 0 aromatic heterocycles. The molecule has 0 aliphatic heterocycles. The number of Topliss-reactive ketones (excluding diaryl/α,β-unsaturated/α-hetero) is 1. The van der Waals surface area contributed by atoms with E-state index < -0.39 is 28.9 Å². The molecule has 9 unspecified atom stereocenters. The van der Waals surface area contributed by atoms with Gasteiger partial charge < -0.3 is 19.8 Å². The average molecular weight is 738 g/mol. The first-order valence-corrected chi connectivity index (χ1v) is 21.2. The first-order chi connectivity index (χ1) is 24.6. The Labute approximate surface area is 319 Å². The molecule has 6 rings (SSSR count). The van der Waals surface area contributed by atoms with Crippen molar-refractivity contribution in [2.24, 2.45) is 62.1 Å². The van der Waals surface area contributed by atoms with Crippen molar-refractivity contribution >= 4 is 23.6 Å². The maximum atomic E-state index is 14.1. The molecule has 298 valence electrons. The molecule has 6 aliphatic rings. The molecule has 9 atom stereocenters. The van der Waals surface area contributed by atoms with Crippen molar-refractivity contribution in [1.82, 2.24) is 4.90 Å². The Kier molecular flexibility index (Phi) is 10.5. The van der Waals surface area contributed by atoms with Crippen molar-refractivity contribution in [2.45, 2.75) is 171 Å². The number of carbonyl (C=O) groups excluding carboxylic acids is 3. The zero-order chi connectivity index (χ0) is 39.1. The van der Waals surface area contributed by atoms with Gasteiger partial charge in [0.25, 0.3) is 0 Å². The van der Waals surface area contributed by atoms with Crippen molar-refractivity contribution in [1.29, 1.82) is 0 Å². The van der Waals surface area contributed by atoms with Gasteiger partial charge >= 0.3 is 11.9 Å². The number of ether oxygens (including phenoxy) is 1. The van der Waals surface area contributed by atoms with E-state index in [0.29, 0.717) is 18.3 Å². The Morgan fingerprint density at radius 1 is 0.868 bits per heavy atom. The van der Waals surface area contributed by atoms with Gasteiger partial charge in [-0.1, -0.05) is 73.3 Å². The first-order valence-electron chi connectivity index (χ1n) is 21.2. The van der Waals surface area contributed by atoms with Crippen LogP contribution in [0.3, 0.4) is 0 Å². The lowest BCUT2D eigenvalue weighted by molar-refractivity contribution is -0.235. The van der Waals surface area contributed by atoms with Crippen LogP contribution < -0.4 is 0 Å². The van der Waals surface area contributed by atoms with Gasteiger partial charge in [-0.3, -0.25) is 19.2 Å². The quantitative estimate of drug-likeness (QED) is 0.227. The highest BCUT2D eigenvalue weighted by Gasteiger charge is 2.71. The van der Waals surface area contributed by atoms with Gasteiger partial charge in [0.1, 0.15) is 6.10 Å². The summed E-state index contributed by atoms with van der Waals surface area (Å²) < 4.78 is 6.17.